The molecular formula is C48H40N2. The number of aromatic nitrogens is 2. The summed E-state index contributed by atoms with van der Waals surface area (Å²) in [6.45, 7) is 0. The Morgan fingerprint density at radius 1 is 0.720 bits per heavy atom. The van der Waals surface area contributed by atoms with Gasteiger partial charge in [-0.15, -0.1) is 0 Å². The highest BCUT2D eigenvalue weighted by atomic mass is 15.1. The normalized spacial score (nSPS) is 22.2. The fourth-order valence-corrected chi connectivity index (χ4v) is 9.10. The molecule has 0 aliphatic heterocycles. The van der Waals surface area contributed by atoms with Crippen molar-refractivity contribution in [2.45, 2.75) is 50.9 Å². The van der Waals surface area contributed by atoms with Gasteiger partial charge < -0.3 is 0 Å². The lowest BCUT2D eigenvalue weighted by Gasteiger charge is -2.39. The Balaban J connectivity index is 1.09. The van der Waals surface area contributed by atoms with Gasteiger partial charge in [0.25, 0.3) is 0 Å². The van der Waals surface area contributed by atoms with Crippen LogP contribution in [0.15, 0.2) is 174 Å². The fourth-order valence-electron chi connectivity index (χ4n) is 9.10. The zero-order valence-corrected chi connectivity index (χ0v) is 28.4. The third-order valence-corrected chi connectivity index (χ3v) is 11.5. The van der Waals surface area contributed by atoms with Gasteiger partial charge in [0.15, 0.2) is 0 Å². The van der Waals surface area contributed by atoms with E-state index < -0.39 is 0 Å². The van der Waals surface area contributed by atoms with E-state index in [1.54, 1.807) is 11.1 Å². The monoisotopic (exact) mass is 644 g/mol. The number of para-hydroxylation sites is 2. The summed E-state index contributed by atoms with van der Waals surface area (Å²) in [4.78, 5) is 5.11. The quantitative estimate of drug-likeness (QED) is 0.211. The van der Waals surface area contributed by atoms with Gasteiger partial charge in [-0.1, -0.05) is 127 Å². The summed E-state index contributed by atoms with van der Waals surface area (Å²) in [6, 6.07) is 26.9. The van der Waals surface area contributed by atoms with Gasteiger partial charge >= 0.3 is 0 Å². The Morgan fingerprint density at radius 3 is 2.50 bits per heavy atom. The summed E-state index contributed by atoms with van der Waals surface area (Å²) < 4.78 is 2.34. The highest BCUT2D eigenvalue weighted by Gasteiger charge is 2.38. The SMILES string of the molecule is C1=CCCC(c2nc3ccccc3n2-c2ccc(C3=CC4=C(C5=CCCC=C5)c5ccccc5C(C5=CC6=C(CC=C6)CC5)C4C=C3)cc2)=C1. The molecule has 4 aromatic rings. The fraction of sp³-hybridized carbons (Fsp3) is 0.188. The van der Waals surface area contributed by atoms with Crippen LogP contribution in [0.4, 0.5) is 0 Å². The Kier molecular flexibility index (Phi) is 7.15. The molecule has 0 saturated carbocycles. The molecule has 1 heterocycles. The number of hydrogen-bond donors (Lipinski definition) is 0. The first-order chi connectivity index (χ1) is 24.8. The maximum atomic E-state index is 5.11. The lowest BCUT2D eigenvalue weighted by Crippen LogP contribution is -2.25. The molecule has 0 amide bonds. The number of hydrogen-bond acceptors (Lipinski definition) is 1. The van der Waals surface area contributed by atoms with E-state index in [1.165, 1.54) is 56.5 Å². The van der Waals surface area contributed by atoms with Crippen LogP contribution >= 0.6 is 0 Å². The van der Waals surface area contributed by atoms with Crippen LogP contribution in [0.25, 0.3) is 33.4 Å². The molecule has 10 rings (SSSR count). The number of allylic oxidation sites excluding steroid dienone is 20. The van der Waals surface area contributed by atoms with Crippen LogP contribution in [0.5, 0.6) is 0 Å². The second-order valence-corrected chi connectivity index (χ2v) is 14.4. The van der Waals surface area contributed by atoms with Gasteiger partial charge in [-0.2, -0.15) is 0 Å². The zero-order chi connectivity index (χ0) is 33.0. The van der Waals surface area contributed by atoms with Crippen LogP contribution in [0.2, 0.25) is 0 Å². The lowest BCUT2D eigenvalue weighted by molar-refractivity contribution is 0.607. The Bertz CT molecular complexity index is 2380. The first-order valence-electron chi connectivity index (χ1n) is 18.4. The summed E-state index contributed by atoms with van der Waals surface area (Å²) in [5.41, 5.74) is 18.9. The average Bonchev–Trinajstić information content (AvgIpc) is 3.82. The van der Waals surface area contributed by atoms with E-state index in [2.05, 4.69) is 150 Å². The molecular weight excluding hydrogens is 605 g/mol. The van der Waals surface area contributed by atoms with Crippen molar-refractivity contribution in [2.75, 3.05) is 0 Å². The standard InChI is InChI=1S/C48H40N2/c1-3-12-34(13-4-1)46-40-18-7-8-19-41(40)47(38-23-22-32-16-11-17-36(32)30-38)42-29-26-37(31-43(42)46)33-24-27-39(28-25-33)50-45-21-10-9-20-44(45)49-48(50)35-14-5-2-6-15-35/h2-3,5,7-14,17-21,24-31,42,47H,1,4,6,15-16,22-23H2. The Hall–Kier alpha value is -5.47. The van der Waals surface area contributed by atoms with E-state index in [0.29, 0.717) is 11.8 Å². The van der Waals surface area contributed by atoms with Crippen LogP contribution in [0.3, 0.4) is 0 Å². The van der Waals surface area contributed by atoms with Crippen molar-refractivity contribution in [2.24, 2.45) is 5.92 Å². The molecule has 1 aromatic heterocycles. The van der Waals surface area contributed by atoms with Gasteiger partial charge in [0.2, 0.25) is 0 Å². The van der Waals surface area contributed by atoms with Gasteiger partial charge in [-0.25, -0.2) is 4.98 Å². The van der Waals surface area contributed by atoms with Crippen LogP contribution in [-0.4, -0.2) is 9.55 Å². The van der Waals surface area contributed by atoms with E-state index >= 15 is 0 Å². The van der Waals surface area contributed by atoms with Gasteiger partial charge in [-0.05, 0) is 125 Å². The summed E-state index contributed by atoms with van der Waals surface area (Å²) in [5.74, 6) is 1.69. The summed E-state index contributed by atoms with van der Waals surface area (Å²) in [7, 11) is 0. The maximum Gasteiger partial charge on any atom is 0.141 e. The van der Waals surface area contributed by atoms with Crippen molar-refractivity contribution in [1.82, 2.24) is 9.55 Å². The predicted molar refractivity (Wildman–Crippen MR) is 209 cm³/mol. The molecule has 6 aliphatic rings. The number of nitrogens with zero attached hydrogens (tertiary/aromatic N) is 2. The second kappa shape index (κ2) is 12.1. The lowest BCUT2D eigenvalue weighted by atomic mass is 9.64. The minimum absolute atomic E-state index is 0.302. The van der Waals surface area contributed by atoms with Gasteiger partial charge in [0.1, 0.15) is 5.82 Å². The van der Waals surface area contributed by atoms with E-state index in [0.717, 1.165) is 61.1 Å². The molecule has 6 aliphatic carbocycles. The van der Waals surface area contributed by atoms with E-state index in [-0.39, 0.29) is 0 Å². The number of rotatable bonds is 5. The van der Waals surface area contributed by atoms with Crippen LogP contribution in [-0.2, 0) is 0 Å². The minimum Gasteiger partial charge on any atom is -0.293 e. The molecule has 0 saturated heterocycles. The molecule has 2 unspecified atom stereocenters. The van der Waals surface area contributed by atoms with Crippen molar-refractivity contribution in [1.29, 1.82) is 0 Å². The molecule has 0 N–H and O–H groups in total. The highest BCUT2D eigenvalue weighted by molar-refractivity contribution is 5.93. The number of benzene rings is 3. The number of imidazole rings is 1. The molecule has 3 aromatic carbocycles. The first kappa shape index (κ1) is 29.4. The first-order valence-corrected chi connectivity index (χ1v) is 18.4. The molecule has 2 atom stereocenters. The van der Waals surface area contributed by atoms with Crippen molar-refractivity contribution in [3.05, 3.63) is 196 Å². The smallest absolute Gasteiger partial charge is 0.141 e. The van der Waals surface area contributed by atoms with Crippen molar-refractivity contribution in [3.63, 3.8) is 0 Å². The molecule has 50 heavy (non-hydrogen) atoms. The third-order valence-electron chi connectivity index (χ3n) is 11.5. The zero-order valence-electron chi connectivity index (χ0n) is 28.4. The van der Waals surface area contributed by atoms with Crippen LogP contribution in [0, 0.1) is 5.92 Å². The second-order valence-electron chi connectivity index (χ2n) is 14.4. The topological polar surface area (TPSA) is 17.8 Å². The van der Waals surface area contributed by atoms with Crippen molar-refractivity contribution in [3.8, 4) is 5.69 Å². The largest absolute Gasteiger partial charge is 0.293 e. The third kappa shape index (κ3) is 4.89. The van der Waals surface area contributed by atoms with Gasteiger partial charge in [0.05, 0.1) is 11.0 Å². The molecule has 0 radical (unpaired) electrons. The molecule has 2 heteroatoms. The highest BCUT2D eigenvalue weighted by Crippen LogP contribution is 2.54. The summed E-state index contributed by atoms with van der Waals surface area (Å²) in [6.07, 6.45) is 36.2. The van der Waals surface area contributed by atoms with Crippen molar-refractivity contribution < 1.29 is 0 Å². The Labute approximate surface area is 295 Å². The van der Waals surface area contributed by atoms with E-state index in [9.17, 15) is 0 Å². The summed E-state index contributed by atoms with van der Waals surface area (Å²) >= 11 is 0. The molecule has 2 nitrogen and oxygen atoms in total. The van der Waals surface area contributed by atoms with E-state index in [4.69, 9.17) is 4.98 Å². The molecule has 0 fully saturated rings. The molecule has 0 bridgehead atoms. The van der Waals surface area contributed by atoms with Gasteiger partial charge in [-0.3, -0.25) is 4.57 Å². The number of fused-ring (bicyclic) bond motifs is 3. The summed E-state index contributed by atoms with van der Waals surface area (Å²) in [5, 5.41) is 0. The maximum absolute atomic E-state index is 5.11. The minimum atomic E-state index is 0.302. The van der Waals surface area contributed by atoms with Crippen LogP contribution in [0.1, 0.15) is 73.4 Å². The predicted octanol–water partition coefficient (Wildman–Crippen LogP) is 12.1. The average molecular weight is 645 g/mol. The van der Waals surface area contributed by atoms with Crippen molar-refractivity contribution >= 4 is 27.8 Å². The van der Waals surface area contributed by atoms with E-state index in [1.807, 2.05) is 0 Å². The van der Waals surface area contributed by atoms with Crippen LogP contribution < -0.4 is 0 Å². The molecule has 0 spiro atoms. The van der Waals surface area contributed by atoms with Gasteiger partial charge in [0, 0.05) is 17.5 Å². The molecule has 242 valence electrons. The Morgan fingerprint density at radius 2 is 1.62 bits per heavy atom.